The zero-order chi connectivity index (χ0) is 20.0. The van der Waals surface area contributed by atoms with Crippen LogP contribution >= 0.6 is 11.6 Å². The van der Waals surface area contributed by atoms with Crippen molar-refractivity contribution < 1.29 is 22.4 Å². The largest absolute Gasteiger partial charge is 0.350 e. The molecule has 7 nitrogen and oxygen atoms in total. The molecule has 0 saturated heterocycles. The van der Waals surface area contributed by atoms with Gasteiger partial charge in [0.1, 0.15) is 5.82 Å². The summed E-state index contributed by atoms with van der Waals surface area (Å²) >= 11 is 5.81. The molecule has 2 rings (SSSR count). The highest BCUT2D eigenvalue weighted by Gasteiger charge is 2.15. The number of rotatable bonds is 7. The van der Waals surface area contributed by atoms with E-state index in [2.05, 4.69) is 15.4 Å². The van der Waals surface area contributed by atoms with Crippen LogP contribution in [-0.2, 0) is 10.0 Å². The third-order valence-electron chi connectivity index (χ3n) is 3.34. The third-order valence-corrected chi connectivity index (χ3v) is 4.26. The van der Waals surface area contributed by atoms with Gasteiger partial charge >= 0.3 is 0 Å². The third kappa shape index (κ3) is 6.22. The summed E-state index contributed by atoms with van der Waals surface area (Å²) in [6.07, 6.45) is 1.02. The van der Waals surface area contributed by atoms with Gasteiger partial charge in [-0.2, -0.15) is 0 Å². The van der Waals surface area contributed by atoms with Gasteiger partial charge in [-0.15, -0.1) is 0 Å². The molecule has 0 saturated carbocycles. The maximum atomic E-state index is 13.6. The Morgan fingerprint density at radius 3 is 2.15 bits per heavy atom. The normalized spacial score (nSPS) is 10.9. The van der Waals surface area contributed by atoms with Crippen LogP contribution in [0.4, 0.5) is 10.1 Å². The number of sulfonamides is 1. The molecule has 0 bridgehead atoms. The molecule has 0 unspecified atom stereocenters. The molecule has 0 spiro atoms. The molecule has 2 amide bonds. The van der Waals surface area contributed by atoms with Crippen molar-refractivity contribution in [1.29, 1.82) is 0 Å². The number of anilines is 1. The van der Waals surface area contributed by atoms with Crippen LogP contribution in [0.3, 0.4) is 0 Å². The summed E-state index contributed by atoms with van der Waals surface area (Å²) in [6, 6.07) is 9.76. The van der Waals surface area contributed by atoms with Crippen molar-refractivity contribution in [2.24, 2.45) is 0 Å². The molecular formula is C17H17ClFN3O4S. The molecule has 144 valence electrons. The second-order valence-electron chi connectivity index (χ2n) is 5.56. The molecule has 2 aromatic rings. The topological polar surface area (TPSA) is 104 Å². The highest BCUT2D eigenvalue weighted by Crippen LogP contribution is 2.18. The van der Waals surface area contributed by atoms with E-state index in [9.17, 15) is 22.4 Å². The SMILES string of the molecule is CS(=O)(=O)Nc1ccc(C(=O)NCCNC(=O)c2c(F)cccc2Cl)cc1. The van der Waals surface area contributed by atoms with Gasteiger partial charge in [-0.05, 0) is 36.4 Å². The van der Waals surface area contributed by atoms with Gasteiger partial charge in [0.25, 0.3) is 11.8 Å². The van der Waals surface area contributed by atoms with Crippen LogP contribution in [0.1, 0.15) is 20.7 Å². The number of halogens is 2. The van der Waals surface area contributed by atoms with Crippen LogP contribution in [0, 0.1) is 5.82 Å². The summed E-state index contributed by atoms with van der Waals surface area (Å²) in [7, 11) is -3.39. The Morgan fingerprint density at radius 2 is 1.59 bits per heavy atom. The Kier molecular flexibility index (Phi) is 6.75. The van der Waals surface area contributed by atoms with E-state index in [0.717, 1.165) is 12.3 Å². The summed E-state index contributed by atoms with van der Waals surface area (Å²) in [5, 5.41) is 5.05. The maximum Gasteiger partial charge on any atom is 0.255 e. The van der Waals surface area contributed by atoms with E-state index >= 15 is 0 Å². The van der Waals surface area contributed by atoms with Crippen molar-refractivity contribution in [3.8, 4) is 0 Å². The van der Waals surface area contributed by atoms with Gasteiger partial charge < -0.3 is 10.6 Å². The smallest absolute Gasteiger partial charge is 0.255 e. The van der Waals surface area contributed by atoms with Gasteiger partial charge in [0.05, 0.1) is 16.8 Å². The quantitative estimate of drug-likeness (QED) is 0.604. The number of hydrogen-bond acceptors (Lipinski definition) is 4. The molecule has 10 heteroatoms. The zero-order valence-corrected chi connectivity index (χ0v) is 15.8. The fourth-order valence-corrected chi connectivity index (χ4v) is 2.97. The first-order chi connectivity index (χ1) is 12.7. The van der Waals surface area contributed by atoms with E-state index in [1.807, 2.05) is 0 Å². The van der Waals surface area contributed by atoms with Crippen molar-refractivity contribution in [2.45, 2.75) is 0 Å². The zero-order valence-electron chi connectivity index (χ0n) is 14.3. The van der Waals surface area contributed by atoms with E-state index in [1.54, 1.807) is 0 Å². The van der Waals surface area contributed by atoms with E-state index in [1.165, 1.54) is 36.4 Å². The summed E-state index contributed by atoms with van der Waals surface area (Å²) in [5.74, 6) is -1.81. The Bertz CT molecular complexity index is 929. The highest BCUT2D eigenvalue weighted by atomic mass is 35.5. The lowest BCUT2D eigenvalue weighted by molar-refractivity contribution is 0.0925. The molecule has 27 heavy (non-hydrogen) atoms. The Balaban J connectivity index is 1.83. The first-order valence-electron chi connectivity index (χ1n) is 7.75. The number of amides is 2. The van der Waals surface area contributed by atoms with Gasteiger partial charge in [-0.1, -0.05) is 17.7 Å². The number of nitrogens with one attached hydrogen (secondary N) is 3. The predicted molar refractivity (Wildman–Crippen MR) is 101 cm³/mol. The Hall–Kier alpha value is -2.65. The Labute approximate surface area is 161 Å². The second-order valence-corrected chi connectivity index (χ2v) is 7.72. The van der Waals surface area contributed by atoms with Crippen molar-refractivity contribution in [3.63, 3.8) is 0 Å². The van der Waals surface area contributed by atoms with Crippen molar-refractivity contribution >= 4 is 39.1 Å². The molecule has 0 aliphatic heterocycles. The van der Waals surface area contributed by atoms with Crippen LogP contribution in [0.25, 0.3) is 0 Å². The van der Waals surface area contributed by atoms with Crippen LogP contribution in [0.5, 0.6) is 0 Å². The van der Waals surface area contributed by atoms with E-state index in [4.69, 9.17) is 11.6 Å². The van der Waals surface area contributed by atoms with E-state index in [0.29, 0.717) is 11.3 Å². The summed E-state index contributed by atoms with van der Waals surface area (Å²) in [5.41, 5.74) is 0.403. The molecule has 0 heterocycles. The lowest BCUT2D eigenvalue weighted by Gasteiger charge is -2.09. The number of carbonyl (C=O) groups excluding carboxylic acids is 2. The lowest BCUT2D eigenvalue weighted by Crippen LogP contribution is -2.35. The first kappa shape index (κ1) is 20.7. The molecule has 0 fully saturated rings. The second kappa shape index (κ2) is 8.83. The number of benzene rings is 2. The standard InChI is InChI=1S/C17H17ClFN3O4S/c1-27(25,26)22-12-7-5-11(6-8-12)16(23)20-9-10-21-17(24)15-13(18)3-2-4-14(15)19/h2-8,22H,9-10H2,1H3,(H,20,23)(H,21,24). The van der Waals surface area contributed by atoms with Crippen LogP contribution < -0.4 is 15.4 Å². The molecule has 0 aliphatic carbocycles. The average Bonchev–Trinajstić information content (AvgIpc) is 2.57. The van der Waals surface area contributed by atoms with Crippen molar-refractivity contribution in [3.05, 3.63) is 64.4 Å². The summed E-state index contributed by atoms with van der Waals surface area (Å²) in [4.78, 5) is 24.0. The van der Waals surface area contributed by atoms with E-state index in [-0.39, 0.29) is 23.7 Å². The van der Waals surface area contributed by atoms with Gasteiger partial charge in [0.15, 0.2) is 0 Å². The van der Waals surface area contributed by atoms with Crippen LogP contribution in [-0.4, -0.2) is 39.6 Å². The summed E-state index contributed by atoms with van der Waals surface area (Å²) < 4.78 is 38.2. The number of hydrogen-bond donors (Lipinski definition) is 3. The first-order valence-corrected chi connectivity index (χ1v) is 10.0. The minimum absolute atomic E-state index is 0.000622. The fourth-order valence-electron chi connectivity index (χ4n) is 2.16. The molecular weight excluding hydrogens is 397 g/mol. The lowest BCUT2D eigenvalue weighted by atomic mass is 10.2. The van der Waals surface area contributed by atoms with Gasteiger partial charge in [0, 0.05) is 24.3 Å². The van der Waals surface area contributed by atoms with Crippen molar-refractivity contribution in [1.82, 2.24) is 10.6 Å². The van der Waals surface area contributed by atoms with Gasteiger partial charge in [-0.25, -0.2) is 12.8 Å². The summed E-state index contributed by atoms with van der Waals surface area (Å²) in [6.45, 7) is 0.183. The maximum absolute atomic E-state index is 13.6. The molecule has 0 aliphatic rings. The number of carbonyl (C=O) groups is 2. The van der Waals surface area contributed by atoms with Gasteiger partial charge in [0.2, 0.25) is 10.0 Å². The highest BCUT2D eigenvalue weighted by molar-refractivity contribution is 7.92. The minimum atomic E-state index is -3.39. The van der Waals surface area contributed by atoms with Crippen molar-refractivity contribution in [2.75, 3.05) is 24.1 Å². The van der Waals surface area contributed by atoms with E-state index < -0.39 is 27.7 Å². The van der Waals surface area contributed by atoms with Crippen LogP contribution in [0.15, 0.2) is 42.5 Å². The predicted octanol–water partition coefficient (Wildman–Crippen LogP) is 2.01. The molecule has 3 N–H and O–H groups in total. The van der Waals surface area contributed by atoms with Gasteiger partial charge in [-0.3, -0.25) is 14.3 Å². The Morgan fingerprint density at radius 1 is 1.00 bits per heavy atom. The molecule has 0 aromatic heterocycles. The minimum Gasteiger partial charge on any atom is -0.350 e. The molecule has 0 atom stereocenters. The fraction of sp³-hybridized carbons (Fsp3) is 0.176. The van der Waals surface area contributed by atoms with Crippen LogP contribution in [0.2, 0.25) is 5.02 Å². The monoisotopic (exact) mass is 413 g/mol. The molecule has 0 radical (unpaired) electrons. The average molecular weight is 414 g/mol. The molecule has 2 aromatic carbocycles.